The number of para-hydroxylation sites is 1. The molecule has 3 unspecified atom stereocenters. The van der Waals surface area contributed by atoms with Crippen LogP contribution in [0, 0.1) is 11.8 Å². The SMILES string of the molecule is CCCCCCCCCC(=O)N[C@@H](Cc1c[nH]c2ccccc12)C(=O)N[C@H](CCC(=O)O)C(=O)N[C@H](C(=O)N[C@@H]1C(=O)N(C)CC(=O)N[C@@H](C)C(=O)N[C@@H](CC(=O)O)C(=O)N[C@H](CCCCN)C(=O)N[C@@H](C(OC)C(=O)O)C(=O)NCC(=O)N[C@H](CC(N)=O)C(=O)N[C@@H]([C@H](C)CC(=O)O)C(=O)N[C@@H](C(C)CC)C(=O)O[C@@H]1C)C(O)C(N)=O. The molecular formula is C73H111N17O27. The molecule has 24 N–H and O–H groups in total. The molecule has 1 fully saturated rings. The van der Waals surface area contributed by atoms with Crippen LogP contribution in [0.4, 0.5) is 0 Å². The second-order valence-corrected chi connectivity index (χ2v) is 28.4. The van der Waals surface area contributed by atoms with Crippen LogP contribution in [0.5, 0.6) is 0 Å². The van der Waals surface area contributed by atoms with E-state index in [0.29, 0.717) is 34.2 Å². The zero-order valence-electron chi connectivity index (χ0n) is 66.4. The fourth-order valence-corrected chi connectivity index (χ4v) is 12.2. The fourth-order valence-electron chi connectivity index (χ4n) is 12.2. The molecule has 1 aromatic carbocycles. The summed E-state index contributed by atoms with van der Waals surface area (Å²) in [6, 6.07) is -15.7. The lowest BCUT2D eigenvalue weighted by atomic mass is 9.94. The van der Waals surface area contributed by atoms with Gasteiger partial charge in [-0.2, -0.15) is 0 Å². The van der Waals surface area contributed by atoms with Gasteiger partial charge in [-0.05, 0) is 76.0 Å². The number of benzene rings is 1. The minimum absolute atomic E-state index is 0.00460. The highest BCUT2D eigenvalue weighted by molar-refractivity contribution is 6.03. The highest BCUT2D eigenvalue weighted by atomic mass is 16.5. The third kappa shape index (κ3) is 33.4. The molecule has 1 saturated heterocycles. The van der Waals surface area contributed by atoms with Crippen LogP contribution in [0.25, 0.3) is 10.9 Å². The number of nitrogens with one attached hydrogen (secondary N) is 13. The highest BCUT2D eigenvalue weighted by Gasteiger charge is 2.44. The zero-order valence-corrected chi connectivity index (χ0v) is 66.4. The van der Waals surface area contributed by atoms with Gasteiger partial charge in [0.1, 0.15) is 72.6 Å². The quantitative estimate of drug-likeness (QED) is 0.0220. The van der Waals surface area contributed by atoms with E-state index in [9.17, 15) is 117 Å². The molecule has 0 bridgehead atoms. The summed E-state index contributed by atoms with van der Waals surface area (Å²) >= 11 is 0. The second-order valence-electron chi connectivity index (χ2n) is 28.4. The summed E-state index contributed by atoms with van der Waals surface area (Å²) in [5, 5.41) is 78.4. The lowest BCUT2D eigenvalue weighted by Gasteiger charge is -2.33. The lowest BCUT2D eigenvalue weighted by Crippen LogP contribution is -2.64. The first-order valence-corrected chi connectivity index (χ1v) is 38.1. The van der Waals surface area contributed by atoms with Crippen LogP contribution in [-0.2, 0) is 112 Å². The number of unbranched alkanes of at least 4 members (excludes halogenated alkanes) is 7. The Bertz CT molecular complexity index is 3880. The Morgan fingerprint density at radius 3 is 1.82 bits per heavy atom. The maximum atomic E-state index is 15.0. The first kappa shape index (κ1) is 99.2. The Kier molecular flexibility index (Phi) is 42.2. The predicted octanol–water partition coefficient (Wildman–Crippen LogP) is -5.83. The van der Waals surface area contributed by atoms with E-state index in [4.69, 9.17) is 26.7 Å². The van der Waals surface area contributed by atoms with Crippen LogP contribution in [0.15, 0.2) is 30.5 Å². The molecule has 1 aromatic heterocycles. The van der Waals surface area contributed by atoms with E-state index in [0.717, 1.165) is 67.0 Å². The summed E-state index contributed by atoms with van der Waals surface area (Å²) in [6.07, 6.45) is -5.03. The number of aliphatic hydroxyl groups is 1. The van der Waals surface area contributed by atoms with Crippen LogP contribution >= 0.6 is 0 Å². The number of methoxy groups -OCH3 is 1. The van der Waals surface area contributed by atoms with Crippen LogP contribution in [-0.4, -0.2) is 272 Å². The van der Waals surface area contributed by atoms with Crippen molar-refractivity contribution in [3.63, 3.8) is 0 Å². The number of aliphatic hydroxyl groups excluding tert-OH is 1. The van der Waals surface area contributed by atoms with Gasteiger partial charge in [0.25, 0.3) is 0 Å². The number of esters is 1. The van der Waals surface area contributed by atoms with Gasteiger partial charge in [-0.1, -0.05) is 90.8 Å². The van der Waals surface area contributed by atoms with E-state index in [1.165, 1.54) is 13.8 Å². The molecule has 3 rings (SSSR count). The van der Waals surface area contributed by atoms with E-state index in [1.807, 2.05) is 10.6 Å². The van der Waals surface area contributed by atoms with Crippen molar-refractivity contribution in [2.75, 3.05) is 33.8 Å². The summed E-state index contributed by atoms with van der Waals surface area (Å²) < 4.78 is 10.8. The van der Waals surface area contributed by atoms with Crippen LogP contribution < -0.4 is 81.0 Å². The Labute approximate surface area is 672 Å². The van der Waals surface area contributed by atoms with Gasteiger partial charge < -0.3 is 126 Å². The summed E-state index contributed by atoms with van der Waals surface area (Å²) in [7, 11) is 1.70. The van der Waals surface area contributed by atoms with Gasteiger partial charge in [0.05, 0.1) is 32.4 Å². The third-order valence-electron chi connectivity index (χ3n) is 19.0. The maximum absolute atomic E-state index is 15.0. The first-order valence-electron chi connectivity index (χ1n) is 38.1. The number of aliphatic carboxylic acids is 4. The largest absolute Gasteiger partial charge is 0.481 e. The van der Waals surface area contributed by atoms with E-state index in [-0.39, 0.29) is 45.1 Å². The number of amides is 15. The first-order chi connectivity index (χ1) is 55.1. The summed E-state index contributed by atoms with van der Waals surface area (Å²) in [4.78, 5) is 278. The molecule has 117 heavy (non-hydrogen) atoms. The number of nitrogens with zero attached hydrogens (tertiary/aromatic N) is 1. The monoisotopic (exact) mass is 1660 g/mol. The zero-order chi connectivity index (χ0) is 88.1. The number of aromatic amines is 1. The molecule has 650 valence electrons. The summed E-state index contributed by atoms with van der Waals surface area (Å²) in [5.74, 6) is -31.0. The highest BCUT2D eigenvalue weighted by Crippen LogP contribution is 2.22. The molecule has 16 atom stereocenters. The number of nitrogens with two attached hydrogens (primary N) is 3. The average molecular weight is 1660 g/mol. The number of hydrogen-bond acceptors (Lipinski definition) is 24. The van der Waals surface area contributed by atoms with E-state index >= 15 is 4.79 Å². The van der Waals surface area contributed by atoms with E-state index < -0.39 is 260 Å². The van der Waals surface area contributed by atoms with Gasteiger partial charge in [0.15, 0.2) is 12.2 Å². The Morgan fingerprint density at radius 1 is 0.624 bits per heavy atom. The van der Waals surface area contributed by atoms with Crippen molar-refractivity contribution in [3.8, 4) is 0 Å². The normalized spacial score (nSPS) is 22.0. The topological polar surface area (TPSA) is 702 Å². The van der Waals surface area contributed by atoms with Crippen LogP contribution in [0.1, 0.15) is 156 Å². The number of carboxylic acids is 4. The number of ether oxygens (including phenoxy) is 2. The number of H-pyrrole nitrogens is 1. The van der Waals surface area contributed by atoms with Crippen molar-refractivity contribution >= 4 is 129 Å². The number of carboxylic acid groups (broad SMARTS) is 4. The Balaban J connectivity index is 2.30. The van der Waals surface area contributed by atoms with Gasteiger partial charge in [-0.15, -0.1) is 0 Å². The standard InChI is InChI=1S/C73H111N17O27/c1-9-11-12-13-14-15-16-24-48(92)80-44(29-39-32-77-41-22-18-17-21-40(39)41)65(106)83-43(25-26-51(95)96)64(105)88-57(59(101)61(76)102)70(111)87-56-38(6)117-73(115)55(35(3)10-2)86-69(110)54(36(4)28-52(97)98)85-67(108)45(30-47(75)91)81-49(93)33-78-68(109)58(60(116-8)72(113)114)89-63(104)42(23-19-20-27-74)82-66(107)46(31-53(99)100)84-62(103)37(5)79-50(94)34-90(7)71(56)112/h17-18,21-22,32,35-38,42-46,54-60,77,101H,9-16,19-20,23-31,33-34,74H2,1-8H3,(H2,75,91)(H2,76,102)(H,78,109)(H,79,94)(H,80,92)(H,81,93)(H,82,107)(H,83,106)(H,84,103)(H,85,108)(H,86,110)(H,87,111)(H,88,105)(H,89,104)(H,95,96)(H,97,98)(H,99,100)(H,113,114)/t35?,36-,37+,38-,42-,43-,44+,45-,46+,54+,55+,56+,57+,58+,59?,60?/m1/s1. The van der Waals surface area contributed by atoms with E-state index in [2.05, 4.69) is 65.1 Å². The predicted molar refractivity (Wildman–Crippen MR) is 408 cm³/mol. The molecule has 0 spiro atoms. The molecule has 0 radical (unpaired) electrons. The van der Waals surface area contributed by atoms with Crippen molar-refractivity contribution in [2.24, 2.45) is 29.0 Å². The van der Waals surface area contributed by atoms with Gasteiger partial charge in [-0.3, -0.25) is 86.3 Å². The number of carbonyl (C=O) groups is 20. The number of hydrogen-bond donors (Lipinski definition) is 21. The molecule has 2 aromatic rings. The van der Waals surface area contributed by atoms with Crippen molar-refractivity contribution < 1.29 is 131 Å². The summed E-state index contributed by atoms with van der Waals surface area (Å²) in [5.41, 5.74) is 17.8. The van der Waals surface area contributed by atoms with Gasteiger partial charge >= 0.3 is 29.8 Å². The van der Waals surface area contributed by atoms with Crippen molar-refractivity contribution in [3.05, 3.63) is 36.0 Å². The molecule has 2 heterocycles. The van der Waals surface area contributed by atoms with Crippen molar-refractivity contribution in [1.82, 2.24) is 73.7 Å². The van der Waals surface area contributed by atoms with E-state index in [1.54, 1.807) is 30.5 Å². The lowest BCUT2D eigenvalue weighted by molar-refractivity contribution is -0.159. The number of likely N-dealkylation sites (N-methyl/N-ethyl adjacent to an activating group) is 1. The Hall–Kier alpha value is -12.0. The number of aromatic nitrogens is 1. The van der Waals surface area contributed by atoms with Gasteiger partial charge in [-0.25, -0.2) is 9.59 Å². The maximum Gasteiger partial charge on any atom is 0.335 e. The third-order valence-corrected chi connectivity index (χ3v) is 19.0. The Morgan fingerprint density at radius 2 is 1.22 bits per heavy atom. The molecule has 0 saturated carbocycles. The molecule has 44 nitrogen and oxygen atoms in total. The molecule has 15 amide bonds. The number of primary amides is 2. The van der Waals surface area contributed by atoms with Crippen LogP contribution in [0.3, 0.4) is 0 Å². The molecule has 1 aliphatic rings. The van der Waals surface area contributed by atoms with Crippen LogP contribution in [0.2, 0.25) is 0 Å². The number of carbonyl (C=O) groups excluding carboxylic acids is 16. The molecule has 0 aliphatic carbocycles. The van der Waals surface area contributed by atoms with Gasteiger partial charge in [0, 0.05) is 50.5 Å². The fraction of sp³-hybridized carbons (Fsp3) is 0.616. The average Bonchev–Trinajstić information content (AvgIpc) is 1.76. The van der Waals surface area contributed by atoms with Crippen molar-refractivity contribution in [2.45, 2.75) is 242 Å². The second kappa shape index (κ2) is 49.7. The smallest absolute Gasteiger partial charge is 0.335 e. The van der Waals surface area contributed by atoms with Gasteiger partial charge in [0.2, 0.25) is 88.6 Å². The number of fused-ring (bicyclic) bond motifs is 1. The minimum atomic E-state index is -2.80. The molecule has 44 heteroatoms. The molecular weight excluding hydrogens is 1550 g/mol. The minimum Gasteiger partial charge on any atom is -0.481 e. The van der Waals surface area contributed by atoms with Crippen molar-refractivity contribution in [1.29, 1.82) is 0 Å². The number of cyclic esters (lactones) is 1. The number of rotatable bonds is 38. The molecule has 1 aliphatic heterocycles. The summed E-state index contributed by atoms with van der Waals surface area (Å²) in [6.45, 7) is 5.66.